The second-order valence-corrected chi connectivity index (χ2v) is 6.71. The lowest BCUT2D eigenvalue weighted by atomic mass is 10.1. The van der Waals surface area contributed by atoms with Gasteiger partial charge in [-0.1, -0.05) is 17.3 Å². The smallest absolute Gasteiger partial charge is 0.258 e. The van der Waals surface area contributed by atoms with E-state index in [0.29, 0.717) is 23.4 Å². The maximum Gasteiger partial charge on any atom is 0.258 e. The molecule has 2 N–H and O–H groups in total. The van der Waals surface area contributed by atoms with Crippen molar-refractivity contribution in [1.82, 2.24) is 10.5 Å². The molecule has 1 heterocycles. The molecule has 0 spiro atoms. The molecule has 1 aromatic carbocycles. The summed E-state index contributed by atoms with van der Waals surface area (Å²) in [6, 6.07) is 10.2. The number of nitrogens with zero attached hydrogens (tertiary/aromatic N) is 1. The van der Waals surface area contributed by atoms with Crippen molar-refractivity contribution >= 4 is 24.2 Å². The van der Waals surface area contributed by atoms with Gasteiger partial charge in [-0.15, -0.1) is 12.4 Å². The number of aromatic nitrogens is 1. The first-order chi connectivity index (χ1) is 11.2. The summed E-state index contributed by atoms with van der Waals surface area (Å²) in [7, 11) is 0. The van der Waals surface area contributed by atoms with Crippen molar-refractivity contribution in [3.05, 3.63) is 47.2 Å². The molecule has 1 amide bonds. The second-order valence-electron chi connectivity index (χ2n) is 6.71. The molecular formula is C18H22ClN3O2. The third kappa shape index (κ3) is 3.97. The lowest BCUT2D eigenvalue weighted by molar-refractivity contribution is 0.102. The topological polar surface area (TPSA) is 67.2 Å². The fraction of sp³-hybridized carbons (Fsp3) is 0.444. The molecule has 2 fully saturated rings. The van der Waals surface area contributed by atoms with Crippen molar-refractivity contribution in [2.45, 2.75) is 38.1 Å². The van der Waals surface area contributed by atoms with Crippen LogP contribution in [0, 0.1) is 12.8 Å². The predicted octanol–water partition coefficient (Wildman–Crippen LogP) is 3.51. The van der Waals surface area contributed by atoms with Crippen LogP contribution in [0.25, 0.3) is 0 Å². The molecule has 0 saturated heterocycles. The van der Waals surface area contributed by atoms with Crippen LogP contribution in [0.1, 0.15) is 46.8 Å². The summed E-state index contributed by atoms with van der Waals surface area (Å²) in [6.45, 7) is 2.97. The van der Waals surface area contributed by atoms with Gasteiger partial charge in [0.15, 0.2) is 0 Å². The molecule has 2 atom stereocenters. The zero-order valence-corrected chi connectivity index (χ0v) is 14.4. The number of hydrogen-bond donors (Lipinski definition) is 2. The standard InChI is InChI=1S/C18H21N3O2.ClH/c1-11-7-17(23-21-11)20-18(22)14-4-2-3-13(8-14)15-9-16(15)19-10-12-5-6-12;/h2-4,7-8,12,15-16,19H,5-6,9-10H2,1H3,(H,20,22);1H/t15-,16+;/m0./s1. The van der Waals surface area contributed by atoms with E-state index in [2.05, 4.69) is 21.9 Å². The number of rotatable bonds is 6. The van der Waals surface area contributed by atoms with Gasteiger partial charge in [-0.3, -0.25) is 10.1 Å². The lowest BCUT2D eigenvalue weighted by Gasteiger charge is -2.06. The summed E-state index contributed by atoms with van der Waals surface area (Å²) < 4.78 is 5.03. The summed E-state index contributed by atoms with van der Waals surface area (Å²) in [6.07, 6.45) is 3.92. The number of halogens is 1. The van der Waals surface area contributed by atoms with Gasteiger partial charge in [0.2, 0.25) is 5.88 Å². The Morgan fingerprint density at radius 3 is 2.88 bits per heavy atom. The van der Waals surface area contributed by atoms with E-state index in [0.717, 1.165) is 18.2 Å². The van der Waals surface area contributed by atoms with Crippen LogP contribution < -0.4 is 10.6 Å². The normalized spacial score (nSPS) is 21.9. The quantitative estimate of drug-likeness (QED) is 0.839. The third-order valence-electron chi connectivity index (χ3n) is 4.60. The van der Waals surface area contributed by atoms with Gasteiger partial charge in [0.05, 0.1) is 5.69 Å². The number of hydrogen-bond acceptors (Lipinski definition) is 4. The van der Waals surface area contributed by atoms with Gasteiger partial charge in [0.25, 0.3) is 5.91 Å². The molecule has 128 valence electrons. The lowest BCUT2D eigenvalue weighted by Crippen LogP contribution is -2.20. The zero-order valence-electron chi connectivity index (χ0n) is 13.6. The van der Waals surface area contributed by atoms with Crippen LogP contribution in [0.3, 0.4) is 0 Å². The fourth-order valence-electron chi connectivity index (χ4n) is 2.95. The van der Waals surface area contributed by atoms with Gasteiger partial charge in [-0.2, -0.15) is 0 Å². The maximum atomic E-state index is 12.3. The van der Waals surface area contributed by atoms with Gasteiger partial charge in [-0.05, 0) is 56.3 Å². The maximum absolute atomic E-state index is 12.3. The van der Waals surface area contributed by atoms with E-state index in [9.17, 15) is 4.79 Å². The Morgan fingerprint density at radius 2 is 2.17 bits per heavy atom. The van der Waals surface area contributed by atoms with Gasteiger partial charge in [-0.25, -0.2) is 0 Å². The number of nitrogens with one attached hydrogen (secondary N) is 2. The molecule has 2 aromatic rings. The van der Waals surface area contributed by atoms with Gasteiger partial charge in [0, 0.05) is 23.6 Å². The van der Waals surface area contributed by atoms with Crippen molar-refractivity contribution in [2.24, 2.45) is 5.92 Å². The van der Waals surface area contributed by atoms with Gasteiger partial charge >= 0.3 is 0 Å². The highest BCUT2D eigenvalue weighted by Gasteiger charge is 2.39. The highest BCUT2D eigenvalue weighted by Crippen LogP contribution is 2.41. The van der Waals surface area contributed by atoms with Crippen molar-refractivity contribution in [1.29, 1.82) is 0 Å². The van der Waals surface area contributed by atoms with Crippen LogP contribution in [0.2, 0.25) is 0 Å². The average molecular weight is 348 g/mol. The zero-order chi connectivity index (χ0) is 15.8. The first-order valence-electron chi connectivity index (χ1n) is 8.27. The highest BCUT2D eigenvalue weighted by atomic mass is 35.5. The molecule has 0 aliphatic heterocycles. The Balaban J connectivity index is 0.00000169. The number of aryl methyl sites for hydroxylation is 1. The molecule has 0 bridgehead atoms. The molecule has 2 saturated carbocycles. The van der Waals surface area contributed by atoms with E-state index < -0.39 is 0 Å². The van der Waals surface area contributed by atoms with E-state index in [1.165, 1.54) is 24.8 Å². The van der Waals surface area contributed by atoms with Crippen molar-refractivity contribution in [2.75, 3.05) is 11.9 Å². The molecule has 5 nitrogen and oxygen atoms in total. The number of benzene rings is 1. The van der Waals surface area contributed by atoms with E-state index in [1.807, 2.05) is 25.1 Å². The second kappa shape index (κ2) is 6.95. The molecule has 24 heavy (non-hydrogen) atoms. The minimum atomic E-state index is -0.161. The Bertz CT molecular complexity index is 727. The summed E-state index contributed by atoms with van der Waals surface area (Å²) >= 11 is 0. The van der Waals surface area contributed by atoms with Crippen LogP contribution in [0.4, 0.5) is 5.88 Å². The predicted molar refractivity (Wildman–Crippen MR) is 94.8 cm³/mol. The molecule has 4 rings (SSSR count). The highest BCUT2D eigenvalue weighted by molar-refractivity contribution is 6.03. The van der Waals surface area contributed by atoms with Crippen LogP contribution >= 0.6 is 12.4 Å². The molecular weight excluding hydrogens is 326 g/mol. The first kappa shape index (κ1) is 17.0. The minimum absolute atomic E-state index is 0. The summed E-state index contributed by atoms with van der Waals surface area (Å²) in [4.78, 5) is 12.3. The molecule has 1 aromatic heterocycles. The average Bonchev–Trinajstić information content (AvgIpc) is 3.45. The molecule has 2 aliphatic carbocycles. The largest absolute Gasteiger partial charge is 0.338 e. The van der Waals surface area contributed by atoms with E-state index >= 15 is 0 Å². The van der Waals surface area contributed by atoms with Crippen molar-refractivity contribution in [3.63, 3.8) is 0 Å². The third-order valence-corrected chi connectivity index (χ3v) is 4.60. The van der Waals surface area contributed by atoms with Gasteiger partial charge in [0.1, 0.15) is 0 Å². The van der Waals surface area contributed by atoms with Crippen LogP contribution in [-0.2, 0) is 0 Å². The minimum Gasteiger partial charge on any atom is -0.338 e. The summed E-state index contributed by atoms with van der Waals surface area (Å²) in [5.74, 6) is 1.66. The first-order valence-corrected chi connectivity index (χ1v) is 8.27. The Hall–Kier alpha value is -1.85. The number of carbonyl (C=O) groups excluding carboxylic acids is 1. The van der Waals surface area contributed by atoms with Crippen molar-refractivity contribution < 1.29 is 9.32 Å². The molecule has 2 aliphatic rings. The van der Waals surface area contributed by atoms with E-state index in [1.54, 1.807) is 6.07 Å². The fourth-order valence-corrected chi connectivity index (χ4v) is 2.95. The van der Waals surface area contributed by atoms with Crippen molar-refractivity contribution in [3.8, 4) is 0 Å². The summed E-state index contributed by atoms with van der Waals surface area (Å²) in [5.41, 5.74) is 2.64. The van der Waals surface area contributed by atoms with E-state index in [-0.39, 0.29) is 18.3 Å². The monoisotopic (exact) mass is 347 g/mol. The Kier molecular flexibility index (Phi) is 4.92. The Labute approximate surface area is 147 Å². The SMILES string of the molecule is Cc1cc(NC(=O)c2cccc([C@@H]3C[C@H]3NCC3CC3)c2)on1.Cl. The number of anilines is 1. The van der Waals surface area contributed by atoms with Crippen LogP contribution in [0.5, 0.6) is 0 Å². The number of carbonyl (C=O) groups is 1. The molecule has 6 heteroatoms. The van der Waals surface area contributed by atoms with Crippen LogP contribution in [-0.4, -0.2) is 23.7 Å². The molecule has 0 unspecified atom stereocenters. The molecule has 0 radical (unpaired) electrons. The summed E-state index contributed by atoms with van der Waals surface area (Å²) in [5, 5.41) is 10.1. The Morgan fingerprint density at radius 1 is 1.33 bits per heavy atom. The van der Waals surface area contributed by atoms with Gasteiger partial charge < -0.3 is 9.84 Å². The van der Waals surface area contributed by atoms with E-state index in [4.69, 9.17) is 4.52 Å². The van der Waals surface area contributed by atoms with Crippen LogP contribution in [0.15, 0.2) is 34.9 Å². The number of amides is 1.